The van der Waals surface area contributed by atoms with Gasteiger partial charge >= 0.3 is 5.97 Å². The molecule has 1 aromatic heterocycles. The lowest BCUT2D eigenvalue weighted by molar-refractivity contribution is -0.137. The van der Waals surface area contributed by atoms with Crippen LogP contribution in [0.25, 0.3) is 10.9 Å². The molecule has 0 saturated heterocycles. The van der Waals surface area contributed by atoms with E-state index in [0.717, 1.165) is 29.4 Å². The topological polar surface area (TPSA) is 42.2 Å². The number of hydrogen-bond donors (Lipinski definition) is 1. The third kappa shape index (κ3) is 2.18. The van der Waals surface area contributed by atoms with Crippen LogP contribution in [0.3, 0.4) is 0 Å². The molecule has 4 heteroatoms. The van der Waals surface area contributed by atoms with Crippen LogP contribution in [0.15, 0.2) is 22.8 Å². The molecular formula is C15H16BrNO2. The van der Waals surface area contributed by atoms with Gasteiger partial charge in [0, 0.05) is 22.6 Å². The Bertz CT molecular complexity index is 660. The molecule has 100 valence electrons. The Morgan fingerprint density at radius 3 is 3.05 bits per heavy atom. The highest BCUT2D eigenvalue weighted by atomic mass is 79.9. The van der Waals surface area contributed by atoms with Crippen molar-refractivity contribution in [2.45, 2.75) is 38.6 Å². The van der Waals surface area contributed by atoms with Crippen LogP contribution in [0.2, 0.25) is 0 Å². The number of aromatic nitrogens is 1. The first-order valence-corrected chi connectivity index (χ1v) is 7.38. The summed E-state index contributed by atoms with van der Waals surface area (Å²) in [5, 5.41) is 10.2. The van der Waals surface area contributed by atoms with Gasteiger partial charge in [-0.25, -0.2) is 0 Å². The Morgan fingerprint density at radius 2 is 2.32 bits per heavy atom. The predicted molar refractivity (Wildman–Crippen MR) is 78.6 cm³/mol. The van der Waals surface area contributed by atoms with Crippen molar-refractivity contribution in [2.75, 3.05) is 0 Å². The molecule has 1 aromatic carbocycles. The molecule has 3 rings (SSSR count). The van der Waals surface area contributed by atoms with Crippen molar-refractivity contribution in [3.05, 3.63) is 33.9 Å². The summed E-state index contributed by atoms with van der Waals surface area (Å²) >= 11 is 3.57. The van der Waals surface area contributed by atoms with Crippen molar-refractivity contribution in [3.63, 3.8) is 0 Å². The van der Waals surface area contributed by atoms with E-state index in [1.807, 2.05) is 6.92 Å². The lowest BCUT2D eigenvalue weighted by atomic mass is 9.95. The predicted octanol–water partition coefficient (Wildman–Crippen LogP) is 3.93. The number of carboxylic acids is 1. The van der Waals surface area contributed by atoms with Crippen LogP contribution < -0.4 is 0 Å². The Morgan fingerprint density at radius 1 is 1.53 bits per heavy atom. The van der Waals surface area contributed by atoms with Crippen LogP contribution in [0, 0.1) is 0 Å². The molecule has 1 unspecified atom stereocenters. The van der Waals surface area contributed by atoms with Crippen LogP contribution >= 0.6 is 15.9 Å². The molecule has 0 bridgehead atoms. The van der Waals surface area contributed by atoms with Crippen LogP contribution in [0.1, 0.15) is 36.8 Å². The fourth-order valence-electron chi connectivity index (χ4n) is 3.09. The van der Waals surface area contributed by atoms with E-state index in [4.69, 9.17) is 5.11 Å². The monoisotopic (exact) mass is 321 g/mol. The highest BCUT2D eigenvalue weighted by molar-refractivity contribution is 9.10. The quantitative estimate of drug-likeness (QED) is 0.930. The highest BCUT2D eigenvalue weighted by Crippen LogP contribution is 2.36. The van der Waals surface area contributed by atoms with E-state index < -0.39 is 5.97 Å². The third-order valence-corrected chi connectivity index (χ3v) is 4.36. The molecule has 1 aliphatic rings. The summed E-state index contributed by atoms with van der Waals surface area (Å²) in [5.74, 6) is -0.694. The van der Waals surface area contributed by atoms with E-state index in [2.05, 4.69) is 38.8 Å². The molecule has 2 aromatic rings. The minimum Gasteiger partial charge on any atom is -0.481 e. The molecule has 0 radical (unpaired) electrons. The molecule has 0 aliphatic carbocycles. The van der Waals surface area contributed by atoms with E-state index >= 15 is 0 Å². The number of aliphatic carboxylic acids is 1. The highest BCUT2D eigenvalue weighted by Gasteiger charge is 2.21. The van der Waals surface area contributed by atoms with Gasteiger partial charge in [-0.3, -0.25) is 4.79 Å². The van der Waals surface area contributed by atoms with Gasteiger partial charge in [0.25, 0.3) is 0 Å². The largest absolute Gasteiger partial charge is 0.481 e. The molecule has 0 spiro atoms. The Balaban J connectivity index is 2.19. The average molecular weight is 322 g/mol. The molecule has 1 atom stereocenters. The lowest BCUT2D eigenvalue weighted by Gasteiger charge is -2.15. The van der Waals surface area contributed by atoms with Gasteiger partial charge in [0.1, 0.15) is 0 Å². The Labute approximate surface area is 120 Å². The van der Waals surface area contributed by atoms with Gasteiger partial charge in [-0.15, -0.1) is 0 Å². The van der Waals surface area contributed by atoms with Gasteiger partial charge in [-0.05, 0) is 42.0 Å². The van der Waals surface area contributed by atoms with Gasteiger partial charge in [0.2, 0.25) is 0 Å². The zero-order valence-electron chi connectivity index (χ0n) is 10.8. The SMILES string of the molecule is CC(CC(=O)O)c1cn2c3c(cc(Br)cc13)CCC2. The van der Waals surface area contributed by atoms with E-state index in [0.29, 0.717) is 0 Å². The number of hydrogen-bond acceptors (Lipinski definition) is 1. The fraction of sp³-hybridized carbons (Fsp3) is 0.400. The van der Waals surface area contributed by atoms with E-state index in [-0.39, 0.29) is 12.3 Å². The summed E-state index contributed by atoms with van der Waals surface area (Å²) in [6.07, 6.45) is 4.58. The molecule has 0 saturated carbocycles. The lowest BCUT2D eigenvalue weighted by Crippen LogP contribution is -2.06. The number of benzene rings is 1. The van der Waals surface area contributed by atoms with Gasteiger partial charge < -0.3 is 9.67 Å². The van der Waals surface area contributed by atoms with Crippen LogP contribution in [-0.4, -0.2) is 15.6 Å². The number of halogens is 1. The first kappa shape index (κ1) is 12.7. The van der Waals surface area contributed by atoms with E-state index in [1.165, 1.54) is 16.5 Å². The second-order valence-electron chi connectivity index (χ2n) is 5.34. The number of rotatable bonds is 3. The molecule has 1 aliphatic heterocycles. The Hall–Kier alpha value is -1.29. The minimum atomic E-state index is -0.738. The van der Waals surface area contributed by atoms with Crippen molar-refractivity contribution in [1.29, 1.82) is 0 Å². The van der Waals surface area contributed by atoms with Gasteiger partial charge in [0.05, 0.1) is 11.9 Å². The maximum atomic E-state index is 10.9. The number of carbonyl (C=O) groups is 1. The first-order chi connectivity index (χ1) is 9.06. The summed E-state index contributed by atoms with van der Waals surface area (Å²) < 4.78 is 3.37. The standard InChI is InChI=1S/C15H16BrNO2/c1-9(5-14(18)19)13-8-17-4-2-3-10-6-11(16)7-12(13)15(10)17/h6-9H,2-5H2,1H3,(H,18,19). The maximum Gasteiger partial charge on any atom is 0.303 e. The van der Waals surface area contributed by atoms with Gasteiger partial charge in [-0.1, -0.05) is 22.9 Å². The zero-order chi connectivity index (χ0) is 13.6. The molecule has 1 N–H and O–H groups in total. The van der Waals surface area contributed by atoms with Crippen molar-refractivity contribution in [3.8, 4) is 0 Å². The van der Waals surface area contributed by atoms with Crippen molar-refractivity contribution < 1.29 is 9.90 Å². The summed E-state index contributed by atoms with van der Waals surface area (Å²) in [6, 6.07) is 4.30. The van der Waals surface area contributed by atoms with Gasteiger partial charge in [0.15, 0.2) is 0 Å². The summed E-state index contributed by atoms with van der Waals surface area (Å²) in [6.45, 7) is 3.02. The smallest absolute Gasteiger partial charge is 0.303 e. The van der Waals surface area contributed by atoms with E-state index in [1.54, 1.807) is 0 Å². The number of aryl methyl sites for hydroxylation is 2. The summed E-state index contributed by atoms with van der Waals surface area (Å²) in [7, 11) is 0. The van der Waals surface area contributed by atoms with Crippen LogP contribution in [0.5, 0.6) is 0 Å². The summed E-state index contributed by atoms with van der Waals surface area (Å²) in [4.78, 5) is 10.9. The second kappa shape index (κ2) is 4.67. The van der Waals surface area contributed by atoms with Crippen LogP contribution in [-0.2, 0) is 17.8 Å². The number of nitrogens with zero attached hydrogens (tertiary/aromatic N) is 1. The van der Waals surface area contributed by atoms with Gasteiger partial charge in [-0.2, -0.15) is 0 Å². The molecular weight excluding hydrogens is 306 g/mol. The van der Waals surface area contributed by atoms with E-state index in [9.17, 15) is 4.79 Å². The normalized spacial score (nSPS) is 15.7. The van der Waals surface area contributed by atoms with Crippen LogP contribution in [0.4, 0.5) is 0 Å². The molecule has 19 heavy (non-hydrogen) atoms. The fourth-order valence-corrected chi connectivity index (χ4v) is 3.59. The third-order valence-electron chi connectivity index (χ3n) is 3.90. The zero-order valence-corrected chi connectivity index (χ0v) is 12.4. The minimum absolute atomic E-state index is 0.0431. The molecule has 0 amide bonds. The molecule has 3 nitrogen and oxygen atoms in total. The van der Waals surface area contributed by atoms with Crippen molar-refractivity contribution in [2.24, 2.45) is 0 Å². The Kier molecular flexibility index (Phi) is 3.13. The van der Waals surface area contributed by atoms with Crippen molar-refractivity contribution >= 4 is 32.8 Å². The number of carboxylic acid groups (broad SMARTS) is 1. The first-order valence-electron chi connectivity index (χ1n) is 6.59. The molecule has 0 fully saturated rings. The average Bonchev–Trinajstić information content (AvgIpc) is 2.69. The summed E-state index contributed by atoms with van der Waals surface area (Å²) in [5.41, 5.74) is 3.81. The van der Waals surface area contributed by atoms with Crippen molar-refractivity contribution in [1.82, 2.24) is 4.57 Å². The maximum absolute atomic E-state index is 10.9. The molecule has 2 heterocycles. The second-order valence-corrected chi connectivity index (χ2v) is 6.26.